The summed E-state index contributed by atoms with van der Waals surface area (Å²) in [5.41, 5.74) is 14.0. The summed E-state index contributed by atoms with van der Waals surface area (Å²) < 4.78 is 0. The molecule has 0 unspecified atom stereocenters. The Kier molecular flexibility index (Phi) is 10.9. The minimum Gasteiger partial charge on any atom is -0.0616 e. The third-order valence-electron chi connectivity index (χ3n) is 15.5. The Morgan fingerprint density at radius 1 is 0.173 bits per heavy atom. The molecule has 0 heterocycles. The van der Waals surface area contributed by atoms with E-state index in [1.54, 1.807) is 0 Å². The first-order valence-electron chi connectivity index (χ1n) is 26.1. The van der Waals surface area contributed by atoms with Crippen LogP contribution in [0.25, 0.3) is 142 Å². The fourth-order valence-corrected chi connectivity index (χ4v) is 12.0. The molecule has 0 bridgehead atoms. The maximum atomic E-state index is 2.36. The lowest BCUT2D eigenvalue weighted by Crippen LogP contribution is -1.92. The lowest BCUT2D eigenvalue weighted by atomic mass is 9.84. The van der Waals surface area contributed by atoms with Crippen LogP contribution in [0.5, 0.6) is 0 Å². The number of fused-ring (bicyclic) bond motifs is 8. The molecule has 0 atom stereocenters. The van der Waals surface area contributed by atoms with E-state index in [1.165, 1.54) is 147 Å². The van der Waals surface area contributed by atoms with Crippen LogP contribution in [0.15, 0.2) is 285 Å². The fraction of sp³-hybridized carbons (Fsp3) is 0.0133. The zero-order valence-corrected chi connectivity index (χ0v) is 41.6. The molecule has 15 aromatic carbocycles. The molecule has 0 amide bonds. The summed E-state index contributed by atoms with van der Waals surface area (Å²) in [4.78, 5) is 0. The van der Waals surface area contributed by atoms with Gasteiger partial charge in [-0.1, -0.05) is 272 Å². The molecule has 0 aliphatic rings. The third kappa shape index (κ3) is 7.79. The van der Waals surface area contributed by atoms with Crippen molar-refractivity contribution in [3.8, 4) is 55.6 Å². The van der Waals surface area contributed by atoms with Crippen LogP contribution in [-0.4, -0.2) is 0 Å². The summed E-state index contributed by atoms with van der Waals surface area (Å²) in [5.74, 6) is 0. The van der Waals surface area contributed by atoms with E-state index in [2.05, 4.69) is 292 Å². The second kappa shape index (κ2) is 18.5. The highest BCUT2D eigenvalue weighted by atomic mass is 14.2. The van der Waals surface area contributed by atoms with Gasteiger partial charge in [0, 0.05) is 0 Å². The summed E-state index contributed by atoms with van der Waals surface area (Å²) in [6.45, 7) is 2.19. The van der Waals surface area contributed by atoms with Gasteiger partial charge in [-0.15, -0.1) is 0 Å². The van der Waals surface area contributed by atoms with E-state index in [9.17, 15) is 0 Å². The van der Waals surface area contributed by atoms with Gasteiger partial charge >= 0.3 is 0 Å². The third-order valence-corrected chi connectivity index (χ3v) is 15.5. The lowest BCUT2D eigenvalue weighted by molar-refractivity contribution is 1.51. The van der Waals surface area contributed by atoms with Crippen LogP contribution in [-0.2, 0) is 0 Å². The molecule has 15 aromatic rings. The predicted molar refractivity (Wildman–Crippen MR) is 325 cm³/mol. The van der Waals surface area contributed by atoms with Crippen molar-refractivity contribution in [2.24, 2.45) is 0 Å². The Balaban J connectivity index is 0.000000139. The van der Waals surface area contributed by atoms with Gasteiger partial charge in [0.1, 0.15) is 0 Å². The minimum atomic E-state index is 1.24. The van der Waals surface area contributed by atoms with E-state index in [1.807, 2.05) is 0 Å². The first-order chi connectivity index (χ1) is 37.1. The second-order valence-electron chi connectivity index (χ2n) is 20.0. The van der Waals surface area contributed by atoms with Gasteiger partial charge < -0.3 is 0 Å². The monoisotopic (exact) mass is 950 g/mol. The van der Waals surface area contributed by atoms with Crippen molar-refractivity contribution in [2.45, 2.75) is 6.92 Å². The van der Waals surface area contributed by atoms with Crippen LogP contribution in [0.3, 0.4) is 0 Å². The van der Waals surface area contributed by atoms with Gasteiger partial charge in [-0.3, -0.25) is 0 Å². The highest BCUT2D eigenvalue weighted by molar-refractivity contribution is 6.23. The van der Waals surface area contributed by atoms with Gasteiger partial charge in [-0.2, -0.15) is 0 Å². The van der Waals surface area contributed by atoms with Crippen molar-refractivity contribution in [2.75, 3.05) is 0 Å². The van der Waals surface area contributed by atoms with Gasteiger partial charge in [-0.25, -0.2) is 0 Å². The maximum absolute atomic E-state index is 2.36. The van der Waals surface area contributed by atoms with Crippen molar-refractivity contribution in [3.63, 3.8) is 0 Å². The number of rotatable bonds is 5. The van der Waals surface area contributed by atoms with E-state index in [0.717, 1.165) is 0 Å². The molecule has 0 nitrogen and oxygen atoms in total. The normalized spacial score (nSPS) is 11.5. The Bertz CT molecular complexity index is 4650. The molecule has 0 aliphatic carbocycles. The molecule has 0 aliphatic heterocycles. The standard InChI is InChI=1S/C40H26.C35H24/c1-2-12-31-26-32(25-20-27(31)10-1)40-37-17-7-5-15-35(37)39(36-16-6-8-18-38(36)40)30-23-21-29(22-24-30)34-19-9-13-28-11-3-4-14-33(28)34;1-23-14-19-32-33(20-23)35(29-18-16-25-9-3-5-11-27(25)22-29)31-13-7-6-12-30(31)34(32)28-17-15-24-8-2-4-10-26(24)21-28/h1-26H;2-22H,1H3. The number of benzene rings is 15. The van der Waals surface area contributed by atoms with Crippen LogP contribution in [0.4, 0.5) is 0 Å². The molecule has 350 valence electrons. The Hall–Kier alpha value is -9.62. The maximum Gasteiger partial charge on any atom is -0.00261 e. The Morgan fingerprint density at radius 3 is 0.920 bits per heavy atom. The van der Waals surface area contributed by atoms with Crippen LogP contribution in [0, 0.1) is 6.92 Å². The van der Waals surface area contributed by atoms with Gasteiger partial charge in [0.15, 0.2) is 0 Å². The van der Waals surface area contributed by atoms with Crippen LogP contribution < -0.4 is 0 Å². The summed E-state index contributed by atoms with van der Waals surface area (Å²) in [7, 11) is 0. The molecule has 0 radical (unpaired) electrons. The van der Waals surface area contributed by atoms with Gasteiger partial charge in [0.2, 0.25) is 0 Å². The molecule has 0 aromatic heterocycles. The first kappa shape index (κ1) is 44.1. The van der Waals surface area contributed by atoms with Crippen molar-refractivity contribution in [1.82, 2.24) is 0 Å². The molecule has 0 saturated heterocycles. The van der Waals surface area contributed by atoms with Gasteiger partial charge in [0.25, 0.3) is 0 Å². The number of hydrogen-bond acceptors (Lipinski definition) is 0. The highest BCUT2D eigenvalue weighted by Crippen LogP contribution is 2.47. The summed E-state index contributed by atoms with van der Waals surface area (Å²) in [6, 6.07) is 104. The van der Waals surface area contributed by atoms with E-state index in [-0.39, 0.29) is 0 Å². The topological polar surface area (TPSA) is 0 Å². The molecule has 0 heteroatoms. The Labute approximate surface area is 437 Å². The summed E-state index contributed by atoms with van der Waals surface area (Å²) >= 11 is 0. The van der Waals surface area contributed by atoms with Crippen LogP contribution in [0.2, 0.25) is 0 Å². The molecular weight excluding hydrogens is 901 g/mol. The van der Waals surface area contributed by atoms with Crippen molar-refractivity contribution in [1.29, 1.82) is 0 Å². The predicted octanol–water partition coefficient (Wildman–Crippen LogP) is 21.2. The molecule has 0 spiro atoms. The Morgan fingerprint density at radius 2 is 0.480 bits per heavy atom. The van der Waals surface area contributed by atoms with E-state index in [0.29, 0.717) is 0 Å². The van der Waals surface area contributed by atoms with Crippen LogP contribution >= 0.6 is 0 Å². The van der Waals surface area contributed by atoms with Crippen molar-refractivity contribution in [3.05, 3.63) is 291 Å². The molecular formula is C75H50. The minimum absolute atomic E-state index is 1.24. The average Bonchev–Trinajstić information content (AvgIpc) is 3.48. The zero-order chi connectivity index (χ0) is 49.8. The fourth-order valence-electron chi connectivity index (χ4n) is 12.0. The van der Waals surface area contributed by atoms with E-state index >= 15 is 0 Å². The first-order valence-corrected chi connectivity index (χ1v) is 26.1. The largest absolute Gasteiger partial charge is 0.0616 e. The van der Waals surface area contributed by atoms with Crippen molar-refractivity contribution < 1.29 is 0 Å². The second-order valence-corrected chi connectivity index (χ2v) is 20.0. The summed E-state index contributed by atoms with van der Waals surface area (Å²) in [6.07, 6.45) is 0. The SMILES string of the molecule is Cc1ccc2c(-c3ccc4ccccc4c3)c3ccccc3c(-c3ccc4ccccc4c3)c2c1.c1ccc2cc(-c3c4ccccc4c(-c4ccc(-c5cccc6ccccc56)cc4)c4ccccc34)ccc2c1. The molecule has 75 heavy (non-hydrogen) atoms. The summed E-state index contributed by atoms with van der Waals surface area (Å²) in [5, 5.41) is 20.5. The van der Waals surface area contributed by atoms with Gasteiger partial charge in [0.05, 0.1) is 0 Å². The number of hydrogen-bond donors (Lipinski definition) is 0. The van der Waals surface area contributed by atoms with Crippen molar-refractivity contribution >= 4 is 86.2 Å². The molecule has 0 N–H and O–H groups in total. The number of aryl methyl sites for hydroxylation is 1. The molecule has 0 saturated carbocycles. The molecule has 15 rings (SSSR count). The lowest BCUT2D eigenvalue weighted by Gasteiger charge is -2.19. The zero-order valence-electron chi connectivity index (χ0n) is 41.6. The quantitative estimate of drug-likeness (QED) is 0.151. The van der Waals surface area contributed by atoms with E-state index in [4.69, 9.17) is 0 Å². The molecule has 0 fully saturated rings. The van der Waals surface area contributed by atoms with Gasteiger partial charge in [-0.05, 0) is 167 Å². The smallest absolute Gasteiger partial charge is 0.00261 e. The average molecular weight is 951 g/mol. The van der Waals surface area contributed by atoms with Crippen LogP contribution in [0.1, 0.15) is 5.56 Å². The van der Waals surface area contributed by atoms with E-state index < -0.39 is 0 Å². The highest BCUT2D eigenvalue weighted by Gasteiger charge is 2.19.